The standard InChI is InChI=1S/C34H50N6O4.ClH/c1-4-5-18-39-32(43)30(22-26-9-7-6-8-10-26)36-33(44)34(39)15-19-38(20-16-34)23-29-24(2)37-40(25(29)3)28-13-11-27(12-14-28)31(42)35-17-21-41;/h11-14,26,30,41H,4-10,15-23H2,1-3H3,(H,35,42)(H,36,44);1H/t30-;/m0./s1. The van der Waals surface area contributed by atoms with Crippen molar-refractivity contribution in [1.82, 2.24) is 30.2 Å². The number of amides is 3. The van der Waals surface area contributed by atoms with Gasteiger partial charge in [0.25, 0.3) is 5.91 Å². The van der Waals surface area contributed by atoms with Gasteiger partial charge >= 0.3 is 0 Å². The highest BCUT2D eigenvalue weighted by Crippen LogP contribution is 2.36. The summed E-state index contributed by atoms with van der Waals surface area (Å²) in [6.07, 6.45) is 10.0. The lowest BCUT2D eigenvalue weighted by molar-refractivity contribution is -0.162. The number of carbonyl (C=O) groups excluding carboxylic acids is 3. The van der Waals surface area contributed by atoms with Crippen molar-refractivity contribution in [3.63, 3.8) is 0 Å². The summed E-state index contributed by atoms with van der Waals surface area (Å²) in [5, 5.41) is 19.7. The molecule has 1 spiro atoms. The van der Waals surface area contributed by atoms with E-state index in [1.165, 1.54) is 19.3 Å². The first-order valence-corrected chi connectivity index (χ1v) is 16.7. The van der Waals surface area contributed by atoms with Crippen LogP contribution in [-0.2, 0) is 16.1 Å². The van der Waals surface area contributed by atoms with E-state index >= 15 is 0 Å². The summed E-state index contributed by atoms with van der Waals surface area (Å²) in [7, 11) is 0. The lowest BCUT2D eigenvalue weighted by Crippen LogP contribution is -2.73. The number of halogens is 1. The Kier molecular flexibility index (Phi) is 12.1. The second-order valence-corrected chi connectivity index (χ2v) is 13.0. The van der Waals surface area contributed by atoms with E-state index in [0.717, 1.165) is 74.4 Å². The van der Waals surface area contributed by atoms with E-state index in [4.69, 9.17) is 10.2 Å². The lowest BCUT2D eigenvalue weighted by atomic mass is 9.79. The minimum Gasteiger partial charge on any atom is -0.395 e. The minimum absolute atomic E-state index is 0. The SMILES string of the molecule is CCCCN1C(=O)[C@H](CC2CCCCC2)NC(=O)C12CCN(Cc1c(C)nn(-c3ccc(C(=O)NCCO)cc3)c1C)CC2.Cl. The molecule has 2 saturated heterocycles. The van der Waals surface area contributed by atoms with E-state index in [9.17, 15) is 14.4 Å². The van der Waals surface area contributed by atoms with Gasteiger partial charge in [0.2, 0.25) is 11.8 Å². The van der Waals surface area contributed by atoms with Gasteiger partial charge in [0.05, 0.1) is 18.0 Å². The van der Waals surface area contributed by atoms with Crippen LogP contribution in [0.2, 0.25) is 0 Å². The third kappa shape index (κ3) is 7.55. The van der Waals surface area contributed by atoms with Gasteiger partial charge in [0, 0.05) is 49.5 Å². The number of rotatable bonds is 11. The van der Waals surface area contributed by atoms with Crippen molar-refractivity contribution in [2.24, 2.45) is 5.92 Å². The van der Waals surface area contributed by atoms with Crippen molar-refractivity contribution in [3.8, 4) is 5.69 Å². The molecule has 3 aliphatic rings. The van der Waals surface area contributed by atoms with Crippen LogP contribution in [0.4, 0.5) is 0 Å². The van der Waals surface area contributed by atoms with Gasteiger partial charge in [-0.2, -0.15) is 5.10 Å². The van der Waals surface area contributed by atoms with Gasteiger partial charge in [-0.1, -0.05) is 45.4 Å². The Bertz CT molecular complexity index is 1310. The highest BCUT2D eigenvalue weighted by Gasteiger charge is 2.53. The molecule has 1 aromatic heterocycles. The summed E-state index contributed by atoms with van der Waals surface area (Å²) < 4.78 is 1.91. The topological polar surface area (TPSA) is 120 Å². The molecule has 3 fully saturated rings. The number of piperazine rings is 1. The summed E-state index contributed by atoms with van der Waals surface area (Å²) in [6, 6.07) is 6.91. The Morgan fingerprint density at radius 3 is 2.42 bits per heavy atom. The minimum atomic E-state index is -0.759. The molecule has 0 bridgehead atoms. The number of aryl methyl sites for hydroxylation is 1. The van der Waals surface area contributed by atoms with Crippen LogP contribution in [-0.4, -0.2) is 86.8 Å². The van der Waals surface area contributed by atoms with Gasteiger partial charge in [-0.05, 0) is 69.7 Å². The monoisotopic (exact) mass is 642 g/mol. The van der Waals surface area contributed by atoms with Crippen LogP contribution < -0.4 is 10.6 Å². The van der Waals surface area contributed by atoms with Gasteiger partial charge in [-0.3, -0.25) is 19.3 Å². The van der Waals surface area contributed by atoms with E-state index in [1.807, 2.05) is 28.6 Å². The lowest BCUT2D eigenvalue weighted by Gasteiger charge is -2.52. The van der Waals surface area contributed by atoms with Gasteiger partial charge in [-0.15, -0.1) is 12.4 Å². The maximum atomic E-state index is 13.9. The highest BCUT2D eigenvalue weighted by molar-refractivity contribution is 6.00. The molecule has 11 heteroatoms. The number of aliphatic hydroxyl groups excluding tert-OH is 1. The summed E-state index contributed by atoms with van der Waals surface area (Å²) >= 11 is 0. The zero-order valence-electron chi connectivity index (χ0n) is 27.1. The third-order valence-corrected chi connectivity index (χ3v) is 10.1. The molecule has 0 unspecified atom stereocenters. The first-order chi connectivity index (χ1) is 21.3. The van der Waals surface area contributed by atoms with Crippen molar-refractivity contribution in [3.05, 3.63) is 46.8 Å². The number of unbranched alkanes of at least 4 members (excludes halogenated alkanes) is 1. The fourth-order valence-electron chi connectivity index (χ4n) is 7.41. The van der Waals surface area contributed by atoms with E-state index in [-0.39, 0.29) is 49.3 Å². The van der Waals surface area contributed by atoms with Crippen molar-refractivity contribution in [1.29, 1.82) is 0 Å². The van der Waals surface area contributed by atoms with Crippen LogP contribution in [0.25, 0.3) is 5.69 Å². The van der Waals surface area contributed by atoms with Crippen molar-refractivity contribution < 1.29 is 19.5 Å². The first kappa shape index (κ1) is 34.9. The molecular formula is C34H51ClN6O4. The third-order valence-electron chi connectivity index (χ3n) is 10.1. The second kappa shape index (κ2) is 15.6. The van der Waals surface area contributed by atoms with Crippen molar-refractivity contribution >= 4 is 30.1 Å². The quantitative estimate of drug-likeness (QED) is 0.340. The Morgan fingerprint density at radius 1 is 1.09 bits per heavy atom. The smallest absolute Gasteiger partial charge is 0.251 e. The summed E-state index contributed by atoms with van der Waals surface area (Å²) in [5.74, 6) is 0.483. The molecule has 3 amide bonds. The van der Waals surface area contributed by atoms with Crippen LogP contribution in [0, 0.1) is 19.8 Å². The predicted octanol–water partition coefficient (Wildman–Crippen LogP) is 4.07. The number of hydrogen-bond donors (Lipinski definition) is 3. The number of nitrogens with zero attached hydrogens (tertiary/aromatic N) is 4. The van der Waals surface area contributed by atoms with Gasteiger partial charge < -0.3 is 20.6 Å². The van der Waals surface area contributed by atoms with E-state index in [2.05, 4.69) is 29.4 Å². The molecule has 2 aromatic rings. The Balaban J connectivity index is 0.00000461. The normalized spacial score (nSPS) is 20.6. The second-order valence-electron chi connectivity index (χ2n) is 13.0. The molecular weight excluding hydrogens is 592 g/mol. The highest BCUT2D eigenvalue weighted by atomic mass is 35.5. The number of aliphatic hydroxyl groups is 1. The van der Waals surface area contributed by atoms with Gasteiger partial charge in [0.1, 0.15) is 11.6 Å². The van der Waals surface area contributed by atoms with Crippen LogP contribution in [0.5, 0.6) is 0 Å². The molecule has 3 heterocycles. The number of carbonyl (C=O) groups is 3. The number of benzene rings is 1. The average molecular weight is 643 g/mol. The zero-order chi connectivity index (χ0) is 31.3. The number of aromatic nitrogens is 2. The predicted molar refractivity (Wildman–Crippen MR) is 177 cm³/mol. The molecule has 1 aliphatic carbocycles. The Morgan fingerprint density at radius 2 is 1.78 bits per heavy atom. The van der Waals surface area contributed by atoms with Gasteiger partial charge in [0.15, 0.2) is 0 Å². The fraction of sp³-hybridized carbons (Fsp3) is 0.647. The summed E-state index contributed by atoms with van der Waals surface area (Å²) in [4.78, 5) is 44.3. The molecule has 2 aliphatic heterocycles. The molecule has 5 rings (SSSR count). The molecule has 10 nitrogen and oxygen atoms in total. The number of piperidine rings is 1. The summed E-state index contributed by atoms with van der Waals surface area (Å²) in [6.45, 7) is 9.19. The molecule has 1 aromatic carbocycles. The van der Waals surface area contributed by atoms with E-state index in [1.54, 1.807) is 12.1 Å². The number of likely N-dealkylation sites (tertiary alicyclic amines) is 1. The zero-order valence-corrected chi connectivity index (χ0v) is 28.0. The molecule has 3 N–H and O–H groups in total. The molecule has 1 saturated carbocycles. The fourth-order valence-corrected chi connectivity index (χ4v) is 7.41. The number of hydrogen-bond acceptors (Lipinski definition) is 6. The maximum Gasteiger partial charge on any atom is 0.251 e. The number of nitrogens with one attached hydrogen (secondary N) is 2. The molecule has 248 valence electrons. The first-order valence-electron chi connectivity index (χ1n) is 16.7. The van der Waals surface area contributed by atoms with Crippen molar-refractivity contribution in [2.45, 2.75) is 103 Å². The van der Waals surface area contributed by atoms with E-state index < -0.39 is 5.54 Å². The largest absolute Gasteiger partial charge is 0.395 e. The Hall–Kier alpha value is -2.95. The molecule has 1 atom stereocenters. The van der Waals surface area contributed by atoms with Crippen LogP contribution in [0.3, 0.4) is 0 Å². The van der Waals surface area contributed by atoms with Crippen LogP contribution in [0.1, 0.15) is 98.4 Å². The van der Waals surface area contributed by atoms with Crippen molar-refractivity contribution in [2.75, 3.05) is 32.8 Å². The Labute approximate surface area is 273 Å². The van der Waals surface area contributed by atoms with Crippen LogP contribution in [0.15, 0.2) is 24.3 Å². The molecule has 0 radical (unpaired) electrons. The van der Waals surface area contributed by atoms with Crippen LogP contribution >= 0.6 is 12.4 Å². The van der Waals surface area contributed by atoms with E-state index in [0.29, 0.717) is 30.9 Å². The summed E-state index contributed by atoms with van der Waals surface area (Å²) in [5.41, 5.74) is 3.80. The van der Waals surface area contributed by atoms with Gasteiger partial charge in [-0.25, -0.2) is 4.68 Å². The average Bonchev–Trinajstić information content (AvgIpc) is 3.32. The molecule has 45 heavy (non-hydrogen) atoms. The maximum absolute atomic E-state index is 13.9.